The van der Waals surface area contributed by atoms with Gasteiger partial charge in [0.2, 0.25) is 5.91 Å². The number of anilines is 1. The fourth-order valence-corrected chi connectivity index (χ4v) is 4.93. The Labute approximate surface area is 217 Å². The van der Waals surface area contributed by atoms with Crippen LogP contribution in [-0.4, -0.2) is 47.6 Å². The second-order valence-electron chi connectivity index (χ2n) is 10.6. The maximum atomic E-state index is 13.5. The first-order chi connectivity index (χ1) is 16.2. The number of ketones is 1. The maximum Gasteiger partial charge on any atom is 0.227 e. The Bertz CT molecular complexity index is 1200. The van der Waals surface area contributed by atoms with Gasteiger partial charge in [0.1, 0.15) is 17.3 Å². The Kier molecular flexibility index (Phi) is 6.79. The van der Waals surface area contributed by atoms with Gasteiger partial charge in [-0.2, -0.15) is 0 Å². The molecule has 0 spiro atoms. The highest BCUT2D eigenvalue weighted by Crippen LogP contribution is 2.42. The number of methoxy groups -OCH3 is 1. The molecule has 0 unspecified atom stereocenters. The van der Waals surface area contributed by atoms with E-state index in [0.717, 1.165) is 36.1 Å². The van der Waals surface area contributed by atoms with Gasteiger partial charge in [0.05, 0.1) is 19.3 Å². The summed E-state index contributed by atoms with van der Waals surface area (Å²) >= 11 is 0. The summed E-state index contributed by atoms with van der Waals surface area (Å²) < 4.78 is 5.77. The van der Waals surface area contributed by atoms with Crippen molar-refractivity contribution in [2.75, 3.05) is 25.1 Å². The number of nitrogens with one attached hydrogen (secondary N) is 1. The Morgan fingerprint density at radius 2 is 1.97 bits per heavy atom. The van der Waals surface area contributed by atoms with E-state index in [2.05, 4.69) is 32.9 Å². The number of halogens is 1. The van der Waals surface area contributed by atoms with Crippen LogP contribution in [0.25, 0.3) is 0 Å². The fraction of sp³-hybridized carbons (Fsp3) is 0.481. The van der Waals surface area contributed by atoms with Crippen LogP contribution >= 0.6 is 17.0 Å². The van der Waals surface area contributed by atoms with Crippen molar-refractivity contribution in [3.05, 3.63) is 52.3 Å². The molecular weight excluding hydrogens is 508 g/mol. The summed E-state index contributed by atoms with van der Waals surface area (Å²) in [6.07, 6.45) is 3.63. The summed E-state index contributed by atoms with van der Waals surface area (Å²) in [5.41, 5.74) is 4.57. The van der Waals surface area contributed by atoms with Crippen molar-refractivity contribution in [2.24, 2.45) is 0 Å². The largest absolute Gasteiger partial charge is 0.494 e. The van der Waals surface area contributed by atoms with E-state index in [0.29, 0.717) is 54.0 Å². The zero-order valence-electron chi connectivity index (χ0n) is 20.8. The first-order valence-corrected chi connectivity index (χ1v) is 12.1. The fourth-order valence-electron chi connectivity index (χ4n) is 4.93. The van der Waals surface area contributed by atoms with Crippen molar-refractivity contribution in [3.63, 3.8) is 0 Å². The highest BCUT2D eigenvalue weighted by Gasteiger charge is 2.33. The highest BCUT2D eigenvalue weighted by atomic mass is 79.9. The number of aromatic nitrogens is 1. The first kappa shape index (κ1) is 25.4. The molecule has 186 valence electrons. The van der Waals surface area contributed by atoms with Crippen LogP contribution in [0.1, 0.15) is 85.2 Å². The molecule has 2 fully saturated rings. The number of pyridine rings is 1. The van der Waals surface area contributed by atoms with Gasteiger partial charge in [-0.15, -0.1) is 17.0 Å². The van der Waals surface area contributed by atoms with Gasteiger partial charge in [-0.1, -0.05) is 26.8 Å². The van der Waals surface area contributed by atoms with E-state index < -0.39 is 0 Å². The second-order valence-corrected chi connectivity index (χ2v) is 10.6. The number of carbonyl (C=O) groups is 2. The van der Waals surface area contributed by atoms with Gasteiger partial charge in [0.25, 0.3) is 0 Å². The topological polar surface area (TPSA) is 86.6 Å². The molecule has 2 aliphatic heterocycles. The van der Waals surface area contributed by atoms with Crippen LogP contribution in [0.15, 0.2) is 24.3 Å². The van der Waals surface area contributed by atoms with E-state index in [4.69, 9.17) is 15.1 Å². The van der Waals surface area contributed by atoms with E-state index in [1.165, 1.54) is 0 Å². The number of hydrogen-bond acceptors (Lipinski definition) is 5. The zero-order valence-corrected chi connectivity index (χ0v) is 22.5. The number of rotatable bonds is 6. The summed E-state index contributed by atoms with van der Waals surface area (Å²) in [4.78, 5) is 34.3. The van der Waals surface area contributed by atoms with E-state index in [9.17, 15) is 9.59 Å². The number of Topliss-reactive ketones (excluding diaryl/α,β-unsaturated/α-hetero) is 1. The lowest BCUT2D eigenvalue weighted by Crippen LogP contribution is -2.31. The van der Waals surface area contributed by atoms with Crippen LogP contribution in [0.4, 0.5) is 5.69 Å². The van der Waals surface area contributed by atoms with E-state index in [-0.39, 0.29) is 40.6 Å². The second kappa shape index (κ2) is 9.37. The third-order valence-corrected chi connectivity index (χ3v) is 7.00. The Hall–Kier alpha value is -2.74. The third-order valence-electron chi connectivity index (χ3n) is 7.00. The minimum atomic E-state index is -0.279. The number of ether oxygens (including phenoxy) is 1. The molecule has 0 bridgehead atoms. The van der Waals surface area contributed by atoms with E-state index >= 15 is 0 Å². The summed E-state index contributed by atoms with van der Waals surface area (Å²) in [5, 5.41) is 8.65. The molecule has 5 rings (SSSR count). The minimum absolute atomic E-state index is 0. The lowest BCUT2D eigenvalue weighted by Gasteiger charge is -2.28. The summed E-state index contributed by atoms with van der Waals surface area (Å²) in [5.74, 6) is 1.46. The van der Waals surface area contributed by atoms with Crippen molar-refractivity contribution in [3.8, 4) is 5.75 Å². The predicted octanol–water partition coefficient (Wildman–Crippen LogP) is 4.99. The molecule has 1 aromatic heterocycles. The number of nitrogens with zero attached hydrogens (tertiary/aromatic N) is 3. The molecule has 1 aliphatic carbocycles. The average Bonchev–Trinajstić information content (AvgIpc) is 3.50. The normalized spacial score (nSPS) is 17.5. The molecule has 1 N–H and O–H groups in total. The zero-order chi connectivity index (χ0) is 24.2. The van der Waals surface area contributed by atoms with Gasteiger partial charge in [-0.3, -0.25) is 15.0 Å². The average molecular weight is 541 g/mol. The molecule has 1 saturated heterocycles. The number of amides is 1. The van der Waals surface area contributed by atoms with Gasteiger partial charge in [-0.05, 0) is 42.9 Å². The molecular formula is C27H33BrN4O3. The monoisotopic (exact) mass is 540 g/mol. The van der Waals surface area contributed by atoms with Gasteiger partial charge >= 0.3 is 0 Å². The van der Waals surface area contributed by atoms with Crippen molar-refractivity contribution in [1.29, 1.82) is 5.41 Å². The Balaban J connectivity index is 0.00000289. The number of fused-ring (bicyclic) bond motifs is 1. The molecule has 1 saturated carbocycles. The molecule has 0 radical (unpaired) electrons. The minimum Gasteiger partial charge on any atom is -0.494 e. The van der Waals surface area contributed by atoms with Gasteiger partial charge in [0.15, 0.2) is 5.78 Å². The van der Waals surface area contributed by atoms with Gasteiger partial charge < -0.3 is 14.5 Å². The van der Waals surface area contributed by atoms with Crippen LogP contribution in [-0.2, 0) is 16.8 Å². The van der Waals surface area contributed by atoms with Gasteiger partial charge in [-0.25, -0.2) is 4.98 Å². The quantitative estimate of drug-likeness (QED) is 0.521. The predicted molar refractivity (Wildman–Crippen MR) is 141 cm³/mol. The Morgan fingerprint density at radius 3 is 2.57 bits per heavy atom. The molecule has 35 heavy (non-hydrogen) atoms. The van der Waals surface area contributed by atoms with Crippen molar-refractivity contribution in [1.82, 2.24) is 9.88 Å². The molecule has 7 nitrogen and oxygen atoms in total. The Morgan fingerprint density at radius 1 is 1.23 bits per heavy atom. The van der Waals surface area contributed by atoms with Crippen LogP contribution in [0, 0.1) is 5.41 Å². The summed E-state index contributed by atoms with van der Waals surface area (Å²) in [6.45, 7) is 7.45. The van der Waals surface area contributed by atoms with Crippen molar-refractivity contribution < 1.29 is 14.3 Å². The van der Waals surface area contributed by atoms with Crippen LogP contribution in [0.5, 0.6) is 5.75 Å². The molecule has 3 heterocycles. The number of carbonyl (C=O) groups excluding carboxylic acids is 2. The highest BCUT2D eigenvalue weighted by molar-refractivity contribution is 8.93. The molecule has 2 aromatic rings. The molecule has 1 amide bonds. The summed E-state index contributed by atoms with van der Waals surface area (Å²) in [7, 11) is 1.61. The molecule has 8 heteroatoms. The van der Waals surface area contributed by atoms with E-state index in [1.54, 1.807) is 23.0 Å². The maximum absolute atomic E-state index is 13.5. The lowest BCUT2D eigenvalue weighted by atomic mass is 9.84. The van der Waals surface area contributed by atoms with E-state index in [1.807, 2.05) is 6.07 Å². The third kappa shape index (κ3) is 4.73. The number of hydrogen-bond donors (Lipinski definition) is 1. The summed E-state index contributed by atoms with van der Waals surface area (Å²) in [6, 6.07) is 7.79. The number of benzene rings is 1. The lowest BCUT2D eigenvalue weighted by molar-refractivity contribution is -0.117. The standard InChI is InChI=1S/C27H32N4O3.BrH/c1-27(2,3)19-12-18(13-21(25(19)34-4)31-11-5-6-23(31)33)22(32)15-30-14-17-9-10-20(16-7-8-16)29-24(17)26(30)28;/h9-10,12-13,16,28H,5-8,11,14-15H2,1-4H3;1H. The SMILES string of the molecule is Br.COc1c(N2CCCC2=O)cc(C(=O)CN2Cc3ccc(C4CC4)nc3C2=N)cc1C(C)(C)C. The van der Waals surface area contributed by atoms with Crippen LogP contribution in [0.2, 0.25) is 0 Å². The van der Waals surface area contributed by atoms with Crippen molar-refractivity contribution in [2.45, 2.75) is 64.3 Å². The molecule has 1 aromatic carbocycles. The van der Waals surface area contributed by atoms with Crippen LogP contribution in [0.3, 0.4) is 0 Å². The molecule has 3 aliphatic rings. The van der Waals surface area contributed by atoms with Crippen molar-refractivity contribution >= 4 is 40.2 Å². The van der Waals surface area contributed by atoms with Gasteiger partial charge in [0, 0.05) is 47.8 Å². The number of amidine groups is 1. The first-order valence-electron chi connectivity index (χ1n) is 12.1. The van der Waals surface area contributed by atoms with Crippen LogP contribution < -0.4 is 9.64 Å². The molecule has 0 atom stereocenters. The smallest absolute Gasteiger partial charge is 0.227 e.